The number of hydrazone groups is 1. The number of tetrazole rings is 1. The molecular weight excluding hydrogens is 379 g/mol. The molecule has 0 saturated carbocycles. The number of hydrogen-bond donors (Lipinski definition) is 2. The van der Waals surface area contributed by atoms with E-state index in [1.54, 1.807) is 24.3 Å². The molecule has 2 aromatic carbocycles. The molecule has 0 bridgehead atoms. The molecule has 0 spiro atoms. The zero-order valence-corrected chi connectivity index (χ0v) is 14.9. The normalized spacial score (nSPS) is 15.8. The molecule has 1 aliphatic rings. The molecule has 146 valence electrons. The first-order chi connectivity index (χ1) is 14.0. The highest BCUT2D eigenvalue weighted by Crippen LogP contribution is 2.25. The summed E-state index contributed by atoms with van der Waals surface area (Å²) >= 11 is 0. The molecule has 2 heterocycles. The molecule has 29 heavy (non-hydrogen) atoms. The number of aromatic nitrogens is 4. The first-order valence-electron chi connectivity index (χ1n) is 8.57. The van der Waals surface area contributed by atoms with Crippen molar-refractivity contribution in [2.24, 2.45) is 10.8 Å². The summed E-state index contributed by atoms with van der Waals surface area (Å²) in [6.45, 7) is 0. The maximum absolute atomic E-state index is 13.2. The Morgan fingerprint density at radius 2 is 1.93 bits per heavy atom. The molecule has 1 atom stereocenters. The largest absolute Gasteiger partial charge is 0.368 e. The standard InChI is InChI=1S/C18H15FN8O2/c19-11-4-6-13(7-5-11)27-16(17(20)28)9-15(23-27)18(29)22-12-2-1-3-14(8-12)26-10-21-24-25-26/h1-8,10,16H,9H2,(H2,20,28)(H,22,29). The number of carbonyl (C=O) groups excluding carboxylic acids is 2. The molecule has 4 rings (SSSR count). The van der Waals surface area contributed by atoms with Crippen LogP contribution in [0.1, 0.15) is 6.42 Å². The van der Waals surface area contributed by atoms with Gasteiger partial charge in [0.1, 0.15) is 23.9 Å². The number of anilines is 2. The first-order valence-corrected chi connectivity index (χ1v) is 8.57. The van der Waals surface area contributed by atoms with Gasteiger partial charge in [0, 0.05) is 12.1 Å². The number of rotatable bonds is 5. The van der Waals surface area contributed by atoms with Crippen LogP contribution in [0.25, 0.3) is 5.69 Å². The SMILES string of the molecule is NC(=O)C1CC(C(=O)Nc2cccc(-n3cnnn3)c2)=NN1c1ccc(F)cc1. The Balaban J connectivity index is 1.55. The summed E-state index contributed by atoms with van der Waals surface area (Å²) in [4.78, 5) is 24.5. The second kappa shape index (κ2) is 7.46. The van der Waals surface area contributed by atoms with Gasteiger partial charge in [0.2, 0.25) is 5.91 Å². The lowest BCUT2D eigenvalue weighted by Gasteiger charge is -2.20. The van der Waals surface area contributed by atoms with Gasteiger partial charge >= 0.3 is 0 Å². The fourth-order valence-corrected chi connectivity index (χ4v) is 2.91. The van der Waals surface area contributed by atoms with Crippen LogP contribution >= 0.6 is 0 Å². The van der Waals surface area contributed by atoms with E-state index >= 15 is 0 Å². The molecule has 0 fully saturated rings. The van der Waals surface area contributed by atoms with Gasteiger partial charge in [-0.15, -0.1) is 5.10 Å². The molecule has 3 aromatic rings. The summed E-state index contributed by atoms with van der Waals surface area (Å²) in [5, 5.41) is 19.2. The van der Waals surface area contributed by atoms with Crippen LogP contribution in [0.2, 0.25) is 0 Å². The van der Waals surface area contributed by atoms with Crippen LogP contribution in [-0.4, -0.2) is 43.8 Å². The number of nitrogens with zero attached hydrogens (tertiary/aromatic N) is 6. The van der Waals surface area contributed by atoms with Crippen LogP contribution in [0.4, 0.5) is 15.8 Å². The van der Waals surface area contributed by atoms with Gasteiger partial charge in [-0.2, -0.15) is 5.10 Å². The summed E-state index contributed by atoms with van der Waals surface area (Å²) in [7, 11) is 0. The molecule has 0 saturated heterocycles. The van der Waals surface area contributed by atoms with Crippen LogP contribution in [0, 0.1) is 5.82 Å². The summed E-state index contributed by atoms with van der Waals surface area (Å²) in [6.07, 6.45) is 1.46. The van der Waals surface area contributed by atoms with Gasteiger partial charge in [0.25, 0.3) is 5.91 Å². The van der Waals surface area contributed by atoms with Gasteiger partial charge < -0.3 is 11.1 Å². The number of hydrogen-bond acceptors (Lipinski definition) is 7. The third kappa shape index (κ3) is 3.78. The van der Waals surface area contributed by atoms with Crippen molar-refractivity contribution in [3.63, 3.8) is 0 Å². The third-order valence-corrected chi connectivity index (χ3v) is 4.31. The highest BCUT2D eigenvalue weighted by Gasteiger charge is 2.35. The Bertz CT molecular complexity index is 1080. The smallest absolute Gasteiger partial charge is 0.271 e. The van der Waals surface area contributed by atoms with Crippen molar-refractivity contribution in [2.45, 2.75) is 12.5 Å². The summed E-state index contributed by atoms with van der Waals surface area (Å²) < 4.78 is 14.6. The Labute approximate surface area is 163 Å². The minimum atomic E-state index is -0.839. The molecule has 0 radical (unpaired) electrons. The monoisotopic (exact) mass is 394 g/mol. The maximum atomic E-state index is 13.2. The van der Waals surface area contributed by atoms with Crippen molar-refractivity contribution in [1.82, 2.24) is 20.2 Å². The zero-order chi connectivity index (χ0) is 20.4. The van der Waals surface area contributed by atoms with Crippen LogP contribution in [0.3, 0.4) is 0 Å². The molecule has 2 amide bonds. The van der Waals surface area contributed by atoms with E-state index in [9.17, 15) is 14.0 Å². The highest BCUT2D eigenvalue weighted by molar-refractivity contribution is 6.44. The fourth-order valence-electron chi connectivity index (χ4n) is 2.91. The van der Waals surface area contributed by atoms with Crippen molar-refractivity contribution < 1.29 is 14.0 Å². The predicted molar refractivity (Wildman–Crippen MR) is 102 cm³/mol. The van der Waals surface area contributed by atoms with Gasteiger partial charge in [0.05, 0.1) is 11.4 Å². The van der Waals surface area contributed by atoms with E-state index in [0.29, 0.717) is 17.1 Å². The van der Waals surface area contributed by atoms with Gasteiger partial charge in [-0.25, -0.2) is 9.07 Å². The second-order valence-electron chi connectivity index (χ2n) is 6.25. The summed E-state index contributed by atoms with van der Waals surface area (Å²) in [6, 6.07) is 11.5. The lowest BCUT2D eigenvalue weighted by Crippen LogP contribution is -2.39. The second-order valence-corrected chi connectivity index (χ2v) is 6.25. The number of carbonyl (C=O) groups is 2. The lowest BCUT2D eigenvalue weighted by atomic mass is 10.1. The van der Waals surface area contributed by atoms with Crippen molar-refractivity contribution in [2.75, 3.05) is 10.3 Å². The Kier molecular flexibility index (Phi) is 4.69. The minimum absolute atomic E-state index is 0.0330. The molecule has 1 aromatic heterocycles. The molecule has 3 N–H and O–H groups in total. The predicted octanol–water partition coefficient (Wildman–Crippen LogP) is 0.860. The minimum Gasteiger partial charge on any atom is -0.368 e. The van der Waals surface area contributed by atoms with E-state index in [4.69, 9.17) is 5.73 Å². The molecule has 1 unspecified atom stereocenters. The number of halogens is 1. The average molecular weight is 394 g/mol. The van der Waals surface area contributed by atoms with E-state index in [-0.39, 0.29) is 12.1 Å². The first kappa shape index (κ1) is 18.2. The third-order valence-electron chi connectivity index (χ3n) is 4.31. The average Bonchev–Trinajstić information content (AvgIpc) is 3.39. The quantitative estimate of drug-likeness (QED) is 0.660. The number of benzene rings is 2. The van der Waals surface area contributed by atoms with Crippen molar-refractivity contribution in [3.05, 3.63) is 60.7 Å². The van der Waals surface area contributed by atoms with Crippen molar-refractivity contribution >= 4 is 28.9 Å². The molecule has 0 aliphatic carbocycles. The van der Waals surface area contributed by atoms with Crippen LogP contribution in [0.5, 0.6) is 0 Å². The Hall–Kier alpha value is -4.15. The number of primary amides is 1. The van der Waals surface area contributed by atoms with Gasteiger partial charge in [-0.1, -0.05) is 6.07 Å². The van der Waals surface area contributed by atoms with Gasteiger partial charge in [-0.05, 0) is 52.9 Å². The van der Waals surface area contributed by atoms with Crippen LogP contribution in [-0.2, 0) is 9.59 Å². The maximum Gasteiger partial charge on any atom is 0.271 e. The fraction of sp³-hybridized carbons (Fsp3) is 0.111. The number of nitrogens with one attached hydrogen (secondary N) is 1. The van der Waals surface area contributed by atoms with Gasteiger partial charge in [-0.3, -0.25) is 14.6 Å². The number of amides is 2. The summed E-state index contributed by atoms with van der Waals surface area (Å²) in [5.74, 6) is -1.54. The topological polar surface area (TPSA) is 131 Å². The van der Waals surface area contributed by atoms with Crippen LogP contribution in [0.15, 0.2) is 60.0 Å². The van der Waals surface area contributed by atoms with E-state index in [1.165, 1.54) is 40.3 Å². The highest BCUT2D eigenvalue weighted by atomic mass is 19.1. The zero-order valence-electron chi connectivity index (χ0n) is 14.9. The Morgan fingerprint density at radius 1 is 1.14 bits per heavy atom. The van der Waals surface area contributed by atoms with Crippen molar-refractivity contribution in [3.8, 4) is 5.69 Å². The molecule has 10 nitrogen and oxygen atoms in total. The van der Waals surface area contributed by atoms with E-state index in [0.717, 1.165) is 0 Å². The molecule has 11 heteroatoms. The van der Waals surface area contributed by atoms with E-state index in [2.05, 4.69) is 25.9 Å². The summed E-state index contributed by atoms with van der Waals surface area (Å²) in [5.41, 5.74) is 7.21. The molecular formula is C18H15FN8O2. The van der Waals surface area contributed by atoms with Crippen molar-refractivity contribution in [1.29, 1.82) is 0 Å². The van der Waals surface area contributed by atoms with Crippen LogP contribution < -0.4 is 16.1 Å². The Morgan fingerprint density at radius 3 is 2.62 bits per heavy atom. The van der Waals surface area contributed by atoms with E-state index < -0.39 is 23.7 Å². The number of nitrogens with two attached hydrogens (primary N) is 1. The lowest BCUT2D eigenvalue weighted by molar-refractivity contribution is -0.119. The van der Waals surface area contributed by atoms with E-state index in [1.807, 2.05) is 0 Å². The molecule has 1 aliphatic heterocycles. The van der Waals surface area contributed by atoms with Gasteiger partial charge in [0.15, 0.2) is 0 Å².